The molecule has 36 heavy (non-hydrogen) atoms. The van der Waals surface area contributed by atoms with Gasteiger partial charge in [-0.2, -0.15) is 8.78 Å². The lowest BCUT2D eigenvalue weighted by Gasteiger charge is -2.31. The SMILES string of the molecule is CNC(=O)c1cc(CNc2ccccc2C(=O)Nc2cc3c(cc2Cl)OC(F)(F)OC3(F)F)ccn1. The molecule has 0 atom stereocenters. The number of nitrogens with one attached hydrogen (secondary N) is 3. The van der Waals surface area contributed by atoms with Crippen LogP contribution in [0.1, 0.15) is 32.0 Å². The molecule has 2 aromatic carbocycles. The largest absolute Gasteiger partial charge is 0.540 e. The maximum Gasteiger partial charge on any atom is 0.540 e. The second-order valence-corrected chi connectivity index (χ2v) is 7.90. The molecule has 0 fully saturated rings. The molecule has 1 aliphatic heterocycles. The number of amides is 2. The first-order chi connectivity index (χ1) is 17.0. The van der Waals surface area contributed by atoms with Crippen LogP contribution in [-0.4, -0.2) is 30.1 Å². The molecule has 4 rings (SSSR count). The minimum atomic E-state index is -4.55. The van der Waals surface area contributed by atoms with Gasteiger partial charge in [-0.3, -0.25) is 14.6 Å². The van der Waals surface area contributed by atoms with Crippen LogP contribution in [0.5, 0.6) is 5.75 Å². The minimum absolute atomic E-state index is 0.137. The molecule has 0 radical (unpaired) electrons. The molecule has 188 valence electrons. The highest BCUT2D eigenvalue weighted by Gasteiger charge is 2.54. The van der Waals surface area contributed by atoms with E-state index in [4.69, 9.17) is 11.6 Å². The lowest BCUT2D eigenvalue weighted by atomic mass is 10.1. The highest BCUT2D eigenvalue weighted by atomic mass is 35.5. The van der Waals surface area contributed by atoms with Crippen molar-refractivity contribution in [3.05, 3.63) is 82.1 Å². The number of para-hydroxylation sites is 1. The molecule has 13 heteroatoms. The summed E-state index contributed by atoms with van der Waals surface area (Å²) in [4.78, 5) is 28.7. The molecule has 2 amide bonds. The molecule has 0 unspecified atom stereocenters. The molecule has 1 aliphatic rings. The molecule has 2 heterocycles. The fourth-order valence-corrected chi connectivity index (χ4v) is 3.58. The summed E-state index contributed by atoms with van der Waals surface area (Å²) in [7, 11) is 1.48. The van der Waals surface area contributed by atoms with Crippen molar-refractivity contribution in [2.45, 2.75) is 18.9 Å². The van der Waals surface area contributed by atoms with E-state index in [1.807, 2.05) is 0 Å². The average molecular weight is 525 g/mol. The van der Waals surface area contributed by atoms with E-state index < -0.39 is 29.6 Å². The topological polar surface area (TPSA) is 102 Å². The van der Waals surface area contributed by atoms with Crippen LogP contribution in [0.3, 0.4) is 0 Å². The van der Waals surface area contributed by atoms with Gasteiger partial charge in [0.25, 0.3) is 11.8 Å². The van der Waals surface area contributed by atoms with Gasteiger partial charge in [-0.15, -0.1) is 8.78 Å². The van der Waals surface area contributed by atoms with Gasteiger partial charge in [-0.25, -0.2) is 4.74 Å². The molecule has 0 saturated carbocycles. The highest BCUT2D eigenvalue weighted by molar-refractivity contribution is 6.34. The van der Waals surface area contributed by atoms with E-state index in [2.05, 4.69) is 30.4 Å². The standard InChI is InChI=1S/C23H17ClF4N4O4/c1-29-21(34)18-8-12(6-7-30-18)11-31-16-5-3-2-4-13(16)20(33)32-17-9-14-19(10-15(17)24)35-23(27,28)36-22(14,25)26/h2-10,31H,11H2,1H3,(H,29,34)(H,32,33). The maximum absolute atomic E-state index is 14.1. The van der Waals surface area contributed by atoms with Crippen molar-refractivity contribution < 1.29 is 36.6 Å². The number of carbonyl (C=O) groups excluding carboxylic acids is 2. The van der Waals surface area contributed by atoms with Crippen LogP contribution in [0.25, 0.3) is 0 Å². The summed E-state index contributed by atoms with van der Waals surface area (Å²) in [6, 6.07) is 11.1. The van der Waals surface area contributed by atoms with E-state index in [0.29, 0.717) is 17.3 Å². The van der Waals surface area contributed by atoms with Gasteiger partial charge >= 0.3 is 12.4 Å². The number of benzene rings is 2. The van der Waals surface area contributed by atoms with Crippen LogP contribution >= 0.6 is 11.6 Å². The van der Waals surface area contributed by atoms with Crippen LogP contribution in [0.2, 0.25) is 5.02 Å². The van der Waals surface area contributed by atoms with Gasteiger partial charge in [0.05, 0.1) is 21.8 Å². The number of aromatic nitrogens is 1. The second kappa shape index (κ2) is 9.63. The summed E-state index contributed by atoms with van der Waals surface area (Å²) in [5.41, 5.74) is 0.153. The van der Waals surface area contributed by atoms with Crippen molar-refractivity contribution in [2.24, 2.45) is 0 Å². The molecule has 8 nitrogen and oxygen atoms in total. The van der Waals surface area contributed by atoms with Gasteiger partial charge in [-0.05, 0) is 35.9 Å². The maximum atomic E-state index is 14.1. The number of fused-ring (bicyclic) bond motifs is 1. The zero-order valence-corrected chi connectivity index (χ0v) is 19.1. The number of hydrogen-bond acceptors (Lipinski definition) is 6. The van der Waals surface area contributed by atoms with Crippen LogP contribution in [0.15, 0.2) is 54.7 Å². The zero-order chi connectivity index (χ0) is 26.1. The number of carbonyl (C=O) groups is 2. The molecule has 0 spiro atoms. The Morgan fingerprint density at radius 3 is 2.53 bits per heavy atom. The summed E-state index contributed by atoms with van der Waals surface area (Å²) in [6.45, 7) is 0.228. The molecule has 0 saturated heterocycles. The Morgan fingerprint density at radius 1 is 1.03 bits per heavy atom. The third kappa shape index (κ3) is 5.34. The van der Waals surface area contributed by atoms with E-state index in [9.17, 15) is 27.2 Å². The Kier molecular flexibility index (Phi) is 6.74. The number of alkyl halides is 4. The number of pyridine rings is 1. The summed E-state index contributed by atoms with van der Waals surface area (Å²) in [6.07, 6.45) is -7.47. The number of rotatable bonds is 6. The van der Waals surface area contributed by atoms with Gasteiger partial charge in [0.1, 0.15) is 11.4 Å². The van der Waals surface area contributed by atoms with Gasteiger partial charge < -0.3 is 20.7 Å². The van der Waals surface area contributed by atoms with Crippen molar-refractivity contribution in [2.75, 3.05) is 17.7 Å². The lowest BCUT2D eigenvalue weighted by Crippen LogP contribution is -2.41. The number of anilines is 2. The number of hydrogen-bond donors (Lipinski definition) is 3. The first-order valence-corrected chi connectivity index (χ1v) is 10.7. The molecule has 3 aromatic rings. The summed E-state index contributed by atoms with van der Waals surface area (Å²) < 4.78 is 62.4. The number of nitrogens with zero attached hydrogens (tertiary/aromatic N) is 1. The van der Waals surface area contributed by atoms with Crippen molar-refractivity contribution in [3.8, 4) is 5.75 Å². The zero-order valence-electron chi connectivity index (χ0n) is 18.4. The summed E-state index contributed by atoms with van der Waals surface area (Å²) in [5.74, 6) is -1.95. The normalized spacial score (nSPS) is 15.3. The minimum Gasteiger partial charge on any atom is -0.409 e. The Balaban J connectivity index is 1.55. The van der Waals surface area contributed by atoms with E-state index in [1.54, 1.807) is 30.3 Å². The molecule has 0 bridgehead atoms. The van der Waals surface area contributed by atoms with Crippen molar-refractivity contribution in [1.82, 2.24) is 10.3 Å². The second-order valence-electron chi connectivity index (χ2n) is 7.49. The van der Waals surface area contributed by atoms with Crippen LogP contribution < -0.4 is 20.7 Å². The van der Waals surface area contributed by atoms with Crippen molar-refractivity contribution in [1.29, 1.82) is 0 Å². The van der Waals surface area contributed by atoms with E-state index in [1.165, 1.54) is 19.3 Å². The van der Waals surface area contributed by atoms with E-state index in [0.717, 1.165) is 6.07 Å². The Bertz CT molecular complexity index is 1340. The summed E-state index contributed by atoms with van der Waals surface area (Å²) in [5, 5.41) is 7.64. The number of ether oxygens (including phenoxy) is 2. The quantitative estimate of drug-likeness (QED) is 0.394. The van der Waals surface area contributed by atoms with Gasteiger partial charge in [0.2, 0.25) is 0 Å². The van der Waals surface area contributed by atoms with E-state index >= 15 is 0 Å². The Morgan fingerprint density at radius 2 is 1.78 bits per heavy atom. The van der Waals surface area contributed by atoms with Crippen molar-refractivity contribution in [3.63, 3.8) is 0 Å². The molecule has 0 aliphatic carbocycles. The fourth-order valence-electron chi connectivity index (χ4n) is 3.37. The Hall–Kier alpha value is -3.90. The fraction of sp³-hybridized carbons (Fsp3) is 0.174. The lowest BCUT2D eigenvalue weighted by molar-refractivity contribution is -0.461. The monoisotopic (exact) mass is 524 g/mol. The third-order valence-electron chi connectivity index (χ3n) is 5.05. The van der Waals surface area contributed by atoms with Crippen molar-refractivity contribution >= 4 is 34.8 Å². The average Bonchev–Trinajstić information content (AvgIpc) is 2.82. The van der Waals surface area contributed by atoms with Gasteiger partial charge in [0, 0.05) is 31.5 Å². The molecule has 3 N–H and O–H groups in total. The van der Waals surface area contributed by atoms with E-state index in [-0.39, 0.29) is 34.4 Å². The number of halogens is 5. The van der Waals surface area contributed by atoms with Gasteiger partial charge in [0.15, 0.2) is 0 Å². The van der Waals surface area contributed by atoms with Gasteiger partial charge in [-0.1, -0.05) is 23.7 Å². The Labute approximate surface area is 206 Å². The molecule has 1 aromatic heterocycles. The first kappa shape index (κ1) is 25.2. The van der Waals surface area contributed by atoms with Crippen LogP contribution in [0.4, 0.5) is 28.9 Å². The predicted octanol–water partition coefficient (Wildman–Crippen LogP) is 4.97. The van der Waals surface area contributed by atoms with Crippen LogP contribution in [-0.2, 0) is 17.4 Å². The highest BCUT2D eigenvalue weighted by Crippen LogP contribution is 2.48. The first-order valence-electron chi connectivity index (χ1n) is 10.3. The van der Waals surface area contributed by atoms with Crippen LogP contribution in [0, 0.1) is 0 Å². The molecular weight excluding hydrogens is 508 g/mol. The third-order valence-corrected chi connectivity index (χ3v) is 5.36. The molecular formula is C23H17ClF4N4O4. The predicted molar refractivity (Wildman–Crippen MR) is 121 cm³/mol. The summed E-state index contributed by atoms with van der Waals surface area (Å²) >= 11 is 6.03. The smallest absolute Gasteiger partial charge is 0.409 e.